The summed E-state index contributed by atoms with van der Waals surface area (Å²) in [4.78, 5) is 31.2. The van der Waals surface area contributed by atoms with Gasteiger partial charge in [0.15, 0.2) is 26.8 Å². The Morgan fingerprint density at radius 2 is 1.95 bits per heavy atom. The number of likely N-dealkylation sites (tertiary alicyclic amines) is 1. The first kappa shape index (κ1) is 30.3. The lowest BCUT2D eigenvalue weighted by molar-refractivity contribution is -0.110. The van der Waals surface area contributed by atoms with Crippen molar-refractivity contribution in [3.63, 3.8) is 0 Å². The normalized spacial score (nSPS) is 18.0. The molecular formula is C28H35N5O7S2. The number of benzene rings is 1. The van der Waals surface area contributed by atoms with Gasteiger partial charge < -0.3 is 19.0 Å². The predicted octanol–water partition coefficient (Wildman–Crippen LogP) is 3.12. The lowest BCUT2D eigenvalue weighted by Crippen LogP contribution is -2.25. The molecular weight excluding hydrogens is 582 g/mol. The van der Waals surface area contributed by atoms with E-state index in [9.17, 15) is 13.2 Å². The van der Waals surface area contributed by atoms with Crippen LogP contribution in [0.4, 0.5) is 5.13 Å². The molecule has 1 amide bonds. The Labute approximate surface area is 248 Å². The van der Waals surface area contributed by atoms with Crippen molar-refractivity contribution in [2.75, 3.05) is 64.2 Å². The fraction of sp³-hybridized carbons (Fsp3) is 0.500. The van der Waals surface area contributed by atoms with Crippen molar-refractivity contribution in [2.45, 2.75) is 36.7 Å². The van der Waals surface area contributed by atoms with Gasteiger partial charge in [0.1, 0.15) is 17.0 Å². The van der Waals surface area contributed by atoms with Crippen molar-refractivity contribution in [3.05, 3.63) is 42.0 Å². The Morgan fingerprint density at radius 3 is 2.69 bits per heavy atom. The van der Waals surface area contributed by atoms with Gasteiger partial charge in [-0.1, -0.05) is 28.6 Å². The second-order valence-electron chi connectivity index (χ2n) is 10.1. The molecule has 2 aromatic heterocycles. The van der Waals surface area contributed by atoms with Crippen LogP contribution in [-0.2, 0) is 28.9 Å². The van der Waals surface area contributed by atoms with Crippen molar-refractivity contribution in [1.29, 1.82) is 0 Å². The summed E-state index contributed by atoms with van der Waals surface area (Å²) in [6.07, 6.45) is 3.23. The highest BCUT2D eigenvalue weighted by Crippen LogP contribution is 2.27. The lowest BCUT2D eigenvalue weighted by atomic mass is 10.1. The highest BCUT2D eigenvalue weighted by molar-refractivity contribution is 7.91. The van der Waals surface area contributed by atoms with Crippen LogP contribution in [0.15, 0.2) is 46.4 Å². The first-order chi connectivity index (χ1) is 20.4. The number of rotatable bonds is 14. The van der Waals surface area contributed by atoms with Crippen molar-refractivity contribution in [3.8, 4) is 5.88 Å². The average molecular weight is 618 g/mol. The van der Waals surface area contributed by atoms with Crippen molar-refractivity contribution < 1.29 is 32.3 Å². The van der Waals surface area contributed by atoms with Crippen molar-refractivity contribution in [1.82, 2.24) is 14.9 Å². The van der Waals surface area contributed by atoms with Gasteiger partial charge >= 0.3 is 0 Å². The number of nitrogens with zero attached hydrogens (tertiary/aromatic N) is 4. The number of pyridine rings is 1. The van der Waals surface area contributed by atoms with Crippen LogP contribution in [0.5, 0.6) is 5.88 Å². The average Bonchev–Trinajstić information content (AvgIpc) is 3.76. The molecule has 2 saturated heterocycles. The third-order valence-corrected chi connectivity index (χ3v) is 9.65. The zero-order chi connectivity index (χ0) is 29.4. The molecule has 5 rings (SSSR count). The van der Waals surface area contributed by atoms with Gasteiger partial charge in [0, 0.05) is 38.3 Å². The Morgan fingerprint density at radius 1 is 1.14 bits per heavy atom. The molecule has 0 bridgehead atoms. The van der Waals surface area contributed by atoms with E-state index in [0.717, 1.165) is 19.6 Å². The summed E-state index contributed by atoms with van der Waals surface area (Å²) < 4.78 is 41.5. The number of aromatic nitrogens is 2. The maximum Gasteiger partial charge on any atom is 0.280 e. The number of sulfone groups is 1. The largest absolute Gasteiger partial charge is 0.476 e. The summed E-state index contributed by atoms with van der Waals surface area (Å²) in [5, 5.41) is 7.28. The Kier molecular flexibility index (Phi) is 10.3. The van der Waals surface area contributed by atoms with Gasteiger partial charge in [-0.2, -0.15) is 0 Å². The number of anilines is 1. The maximum atomic E-state index is 13.4. The van der Waals surface area contributed by atoms with Crippen LogP contribution in [0, 0.1) is 0 Å². The number of ether oxygens (including phenoxy) is 3. The summed E-state index contributed by atoms with van der Waals surface area (Å²) in [6.45, 7) is 4.92. The number of hydrogen-bond donors (Lipinski definition) is 1. The minimum Gasteiger partial charge on any atom is -0.476 e. The molecule has 0 unspecified atom stereocenters. The topological polar surface area (TPSA) is 142 Å². The van der Waals surface area contributed by atoms with Crippen LogP contribution in [0.25, 0.3) is 10.3 Å². The van der Waals surface area contributed by atoms with Crippen LogP contribution >= 0.6 is 11.3 Å². The van der Waals surface area contributed by atoms with Crippen LogP contribution in [0.3, 0.4) is 0 Å². The van der Waals surface area contributed by atoms with Crippen molar-refractivity contribution >= 4 is 48.3 Å². The van der Waals surface area contributed by atoms with Gasteiger partial charge in [-0.3, -0.25) is 15.0 Å². The maximum absolute atomic E-state index is 13.4. The first-order valence-corrected chi connectivity index (χ1v) is 16.5. The molecule has 0 saturated carbocycles. The smallest absolute Gasteiger partial charge is 0.280 e. The van der Waals surface area contributed by atoms with Gasteiger partial charge in [-0.05, 0) is 50.6 Å². The van der Waals surface area contributed by atoms with Gasteiger partial charge in [0.2, 0.25) is 5.88 Å². The third kappa shape index (κ3) is 8.01. The summed E-state index contributed by atoms with van der Waals surface area (Å²) in [5.41, 5.74) is 1.02. The number of carbonyl (C=O) groups excluding carboxylic acids is 1. The molecule has 1 atom stereocenters. The Balaban J connectivity index is 1.29. The summed E-state index contributed by atoms with van der Waals surface area (Å²) in [5.74, 6) is -0.0795. The molecule has 226 valence electrons. The standard InChI is InChI=1S/C28H35N5O7S2/c1-37-15-4-18-42(35,36)22-7-5-20(6-8-22)25(32-40-21-11-16-38-19-21)26(34)31-28-29-23-9-10-24(30-27(23)41-28)39-17-14-33-12-2-3-13-33/h5-10,21H,2-4,11-19H2,1H3,(H,29,31,34)/t21-/m1/s1. The Hall–Kier alpha value is -3.17. The number of carbonyl (C=O) groups is 1. The van der Waals surface area contributed by atoms with E-state index >= 15 is 0 Å². The van der Waals surface area contributed by atoms with Gasteiger partial charge in [-0.15, -0.1) is 0 Å². The van der Waals surface area contributed by atoms with E-state index in [1.165, 1.54) is 43.4 Å². The number of methoxy groups -OCH3 is 1. The number of amides is 1. The monoisotopic (exact) mass is 617 g/mol. The van der Waals surface area contributed by atoms with Gasteiger partial charge in [0.05, 0.1) is 23.9 Å². The van der Waals surface area contributed by atoms with E-state index < -0.39 is 15.7 Å². The second-order valence-corrected chi connectivity index (χ2v) is 13.2. The van der Waals surface area contributed by atoms with Crippen molar-refractivity contribution in [2.24, 2.45) is 5.16 Å². The third-order valence-electron chi connectivity index (χ3n) is 6.95. The molecule has 1 N–H and O–H groups in total. The fourth-order valence-electron chi connectivity index (χ4n) is 4.66. The minimum atomic E-state index is -3.49. The molecule has 2 aliphatic rings. The zero-order valence-corrected chi connectivity index (χ0v) is 25.1. The fourth-order valence-corrected chi connectivity index (χ4v) is 6.76. The SMILES string of the molecule is COCCCS(=O)(=O)c1ccc(C(=NO[C@@H]2CCOC2)C(=O)Nc2nc3ccc(OCCN4CCCC4)nc3s2)cc1. The van der Waals surface area contributed by atoms with E-state index in [2.05, 4.69) is 25.3 Å². The molecule has 3 aromatic rings. The predicted molar refractivity (Wildman–Crippen MR) is 159 cm³/mol. The van der Waals surface area contributed by atoms with Crippen LogP contribution in [0.1, 0.15) is 31.2 Å². The minimum absolute atomic E-state index is 0.0108. The number of oxime groups is 1. The Bertz CT molecular complexity index is 1480. The highest BCUT2D eigenvalue weighted by atomic mass is 32.2. The van der Waals surface area contributed by atoms with E-state index in [4.69, 9.17) is 19.0 Å². The molecule has 0 spiro atoms. The molecule has 4 heterocycles. The molecule has 2 aliphatic heterocycles. The molecule has 0 radical (unpaired) electrons. The highest BCUT2D eigenvalue weighted by Gasteiger charge is 2.23. The summed E-state index contributed by atoms with van der Waals surface area (Å²) >= 11 is 1.22. The number of fused-ring (bicyclic) bond motifs is 1. The van der Waals surface area contributed by atoms with Crippen LogP contribution < -0.4 is 10.1 Å². The van der Waals surface area contributed by atoms with Gasteiger partial charge in [-0.25, -0.2) is 18.4 Å². The summed E-state index contributed by atoms with van der Waals surface area (Å²) in [6, 6.07) is 9.60. The number of hydrogen-bond acceptors (Lipinski definition) is 12. The molecule has 12 nitrogen and oxygen atoms in total. The first-order valence-electron chi connectivity index (χ1n) is 14.0. The molecule has 42 heavy (non-hydrogen) atoms. The van der Waals surface area contributed by atoms with E-state index in [1.807, 2.05) is 6.07 Å². The van der Waals surface area contributed by atoms with Crippen LogP contribution in [0.2, 0.25) is 0 Å². The molecule has 14 heteroatoms. The van der Waals surface area contributed by atoms with Crippen LogP contribution in [-0.4, -0.2) is 99.9 Å². The van der Waals surface area contributed by atoms with Gasteiger partial charge in [0.25, 0.3) is 5.91 Å². The molecule has 2 fully saturated rings. The number of thiazole rings is 1. The zero-order valence-electron chi connectivity index (χ0n) is 23.5. The van der Waals surface area contributed by atoms with E-state index in [-0.39, 0.29) is 22.5 Å². The lowest BCUT2D eigenvalue weighted by Gasteiger charge is -2.14. The van der Waals surface area contributed by atoms with E-state index in [1.54, 1.807) is 18.2 Å². The summed E-state index contributed by atoms with van der Waals surface area (Å²) in [7, 11) is -1.97. The quantitative estimate of drug-likeness (QED) is 0.163. The molecule has 1 aromatic carbocycles. The number of nitrogens with one attached hydrogen (secondary N) is 1. The molecule has 0 aliphatic carbocycles. The van der Waals surface area contributed by atoms with E-state index in [0.29, 0.717) is 66.2 Å². The second kappa shape index (κ2) is 14.3.